The lowest BCUT2D eigenvalue weighted by Crippen LogP contribution is -1.96. The average molecular weight is 624 g/mol. The molecule has 0 aliphatic rings. The van der Waals surface area contributed by atoms with Gasteiger partial charge in [0, 0.05) is 16.5 Å². The summed E-state index contributed by atoms with van der Waals surface area (Å²) in [6.07, 6.45) is 0. The first-order valence-electron chi connectivity index (χ1n) is 16.8. The van der Waals surface area contributed by atoms with Crippen molar-refractivity contribution in [3.8, 4) is 61.3 Å². The number of para-hydroxylation sites is 2. The van der Waals surface area contributed by atoms with Gasteiger partial charge in [0.05, 0.1) is 11.0 Å². The monoisotopic (exact) mass is 623 g/mol. The summed E-state index contributed by atoms with van der Waals surface area (Å²) in [6.45, 7) is 0. The maximum atomic E-state index is 2.42. The van der Waals surface area contributed by atoms with Gasteiger partial charge in [0.25, 0.3) is 0 Å². The van der Waals surface area contributed by atoms with Gasteiger partial charge >= 0.3 is 0 Å². The molecule has 0 atom stereocenters. The summed E-state index contributed by atoms with van der Waals surface area (Å²) in [4.78, 5) is 0. The van der Waals surface area contributed by atoms with Gasteiger partial charge in [-0.2, -0.15) is 0 Å². The molecule has 230 valence electrons. The van der Waals surface area contributed by atoms with Crippen LogP contribution in [-0.2, 0) is 0 Å². The molecule has 1 heterocycles. The van der Waals surface area contributed by atoms with E-state index in [0.29, 0.717) is 0 Å². The summed E-state index contributed by atoms with van der Waals surface area (Å²) in [5, 5.41) is 2.53. The number of aromatic nitrogens is 1. The second-order valence-electron chi connectivity index (χ2n) is 12.6. The summed E-state index contributed by atoms with van der Waals surface area (Å²) in [6, 6.07) is 72.5. The maximum Gasteiger partial charge on any atom is 0.0541 e. The van der Waals surface area contributed by atoms with Gasteiger partial charge in [-0.05, 0) is 110 Å². The highest BCUT2D eigenvalue weighted by atomic mass is 15.0. The lowest BCUT2D eigenvalue weighted by molar-refractivity contribution is 1.18. The summed E-state index contributed by atoms with van der Waals surface area (Å²) < 4.78 is 2.42. The van der Waals surface area contributed by atoms with Gasteiger partial charge in [0.2, 0.25) is 0 Å². The van der Waals surface area contributed by atoms with Crippen LogP contribution in [0.4, 0.5) is 0 Å². The van der Waals surface area contributed by atoms with Crippen LogP contribution in [0.5, 0.6) is 0 Å². The van der Waals surface area contributed by atoms with Crippen LogP contribution in [-0.4, -0.2) is 4.57 Å². The van der Waals surface area contributed by atoms with E-state index in [1.54, 1.807) is 0 Å². The molecular weight excluding hydrogens is 591 g/mol. The highest BCUT2D eigenvalue weighted by Gasteiger charge is 2.15. The topological polar surface area (TPSA) is 4.93 Å². The largest absolute Gasteiger partial charge is 0.309 e. The van der Waals surface area contributed by atoms with Gasteiger partial charge < -0.3 is 4.57 Å². The Balaban J connectivity index is 1.24. The highest BCUT2D eigenvalue weighted by Crippen LogP contribution is 2.38. The van der Waals surface area contributed by atoms with Crippen LogP contribution in [0, 0.1) is 0 Å². The molecule has 1 heteroatoms. The predicted octanol–water partition coefficient (Wildman–Crippen LogP) is 13.1. The molecule has 0 radical (unpaired) electrons. The minimum atomic E-state index is 1.15. The Morgan fingerprint density at radius 1 is 0.224 bits per heavy atom. The lowest BCUT2D eigenvalue weighted by Gasteiger charge is -2.15. The predicted molar refractivity (Wildman–Crippen MR) is 208 cm³/mol. The molecule has 0 spiro atoms. The summed E-state index contributed by atoms with van der Waals surface area (Å²) >= 11 is 0. The maximum absolute atomic E-state index is 2.42. The third kappa shape index (κ3) is 5.42. The van der Waals surface area contributed by atoms with Gasteiger partial charge in [0.1, 0.15) is 0 Å². The number of benzene rings is 8. The van der Waals surface area contributed by atoms with Crippen LogP contribution in [0.1, 0.15) is 0 Å². The van der Waals surface area contributed by atoms with Gasteiger partial charge in [-0.25, -0.2) is 0 Å². The fraction of sp³-hybridized carbons (Fsp3) is 0. The number of hydrogen-bond acceptors (Lipinski definition) is 0. The van der Waals surface area contributed by atoms with Crippen molar-refractivity contribution in [1.29, 1.82) is 0 Å². The van der Waals surface area contributed by atoms with E-state index in [2.05, 4.69) is 205 Å². The number of hydrogen-bond donors (Lipinski definition) is 0. The first kappa shape index (κ1) is 28.8. The lowest BCUT2D eigenvalue weighted by atomic mass is 9.91. The van der Waals surface area contributed by atoms with Gasteiger partial charge in [-0.15, -0.1) is 0 Å². The minimum Gasteiger partial charge on any atom is -0.309 e. The van der Waals surface area contributed by atoms with E-state index in [1.807, 2.05) is 0 Å². The molecule has 0 fully saturated rings. The van der Waals surface area contributed by atoms with E-state index < -0.39 is 0 Å². The fourth-order valence-corrected chi connectivity index (χ4v) is 7.17. The average Bonchev–Trinajstić information content (AvgIpc) is 3.53. The molecule has 0 unspecified atom stereocenters. The van der Waals surface area contributed by atoms with Crippen LogP contribution in [0.25, 0.3) is 83.1 Å². The molecule has 0 aliphatic carbocycles. The van der Waals surface area contributed by atoms with Gasteiger partial charge in [0.15, 0.2) is 0 Å². The molecule has 0 bridgehead atoms. The Kier molecular flexibility index (Phi) is 7.22. The number of nitrogens with zero attached hydrogens (tertiary/aromatic N) is 1. The van der Waals surface area contributed by atoms with Crippen LogP contribution in [0.3, 0.4) is 0 Å². The first-order chi connectivity index (χ1) is 24.3. The van der Waals surface area contributed by atoms with Gasteiger partial charge in [-0.1, -0.05) is 146 Å². The zero-order valence-corrected chi connectivity index (χ0v) is 27.0. The Hall–Kier alpha value is -6.44. The molecule has 0 amide bonds. The van der Waals surface area contributed by atoms with E-state index >= 15 is 0 Å². The molecule has 1 nitrogen and oxygen atoms in total. The Labute approximate surface area is 287 Å². The van der Waals surface area contributed by atoms with Crippen molar-refractivity contribution in [2.45, 2.75) is 0 Å². The molecular formula is C48H33N. The first-order valence-corrected chi connectivity index (χ1v) is 16.8. The molecule has 0 saturated heterocycles. The Morgan fingerprint density at radius 2 is 0.531 bits per heavy atom. The van der Waals surface area contributed by atoms with Crippen molar-refractivity contribution in [1.82, 2.24) is 4.57 Å². The van der Waals surface area contributed by atoms with Crippen molar-refractivity contribution in [3.63, 3.8) is 0 Å². The third-order valence-electron chi connectivity index (χ3n) is 9.54. The standard InChI is InChI=1S/C48H33N/c1-4-15-34(16-5-1)39-28-40(35-17-6-2-7-18-35)30-41(29-39)37-21-14-22-38(27-37)43-31-42(36-19-8-3-9-20-36)32-44(33-43)49-47-25-12-10-23-45(47)46-24-11-13-26-48(46)49/h1-33H. The highest BCUT2D eigenvalue weighted by molar-refractivity contribution is 6.09. The van der Waals surface area contributed by atoms with E-state index in [4.69, 9.17) is 0 Å². The van der Waals surface area contributed by atoms with E-state index in [1.165, 1.54) is 77.4 Å². The Morgan fingerprint density at radius 3 is 0.980 bits per heavy atom. The molecule has 49 heavy (non-hydrogen) atoms. The smallest absolute Gasteiger partial charge is 0.0541 e. The van der Waals surface area contributed by atoms with Crippen molar-refractivity contribution < 1.29 is 0 Å². The molecule has 9 rings (SSSR count). The van der Waals surface area contributed by atoms with Crippen molar-refractivity contribution in [3.05, 3.63) is 200 Å². The molecule has 1 aromatic heterocycles. The summed E-state index contributed by atoms with van der Waals surface area (Å²) in [5.74, 6) is 0. The van der Waals surface area contributed by atoms with Crippen molar-refractivity contribution >= 4 is 21.8 Å². The van der Waals surface area contributed by atoms with E-state index in [9.17, 15) is 0 Å². The van der Waals surface area contributed by atoms with E-state index in [-0.39, 0.29) is 0 Å². The molecule has 0 aliphatic heterocycles. The third-order valence-corrected chi connectivity index (χ3v) is 9.54. The fourth-order valence-electron chi connectivity index (χ4n) is 7.17. The zero-order chi connectivity index (χ0) is 32.6. The van der Waals surface area contributed by atoms with Crippen LogP contribution in [0.15, 0.2) is 200 Å². The zero-order valence-electron chi connectivity index (χ0n) is 27.0. The van der Waals surface area contributed by atoms with Crippen molar-refractivity contribution in [2.75, 3.05) is 0 Å². The molecule has 0 N–H and O–H groups in total. The SMILES string of the molecule is c1ccc(-c2cc(-c3ccccc3)cc(-c3cccc(-c4cc(-c5ccccc5)cc(-n5c6ccccc6c6ccccc65)c4)c3)c2)cc1. The molecule has 8 aromatic carbocycles. The second kappa shape index (κ2) is 12.3. The summed E-state index contributed by atoms with van der Waals surface area (Å²) in [7, 11) is 0. The Bertz CT molecular complexity index is 2470. The second-order valence-corrected chi connectivity index (χ2v) is 12.6. The number of fused-ring (bicyclic) bond motifs is 3. The van der Waals surface area contributed by atoms with Crippen LogP contribution >= 0.6 is 0 Å². The van der Waals surface area contributed by atoms with Crippen LogP contribution < -0.4 is 0 Å². The normalized spacial score (nSPS) is 11.3. The summed E-state index contributed by atoms with van der Waals surface area (Å²) in [5.41, 5.74) is 15.6. The number of rotatable bonds is 6. The molecule has 0 saturated carbocycles. The van der Waals surface area contributed by atoms with Crippen LogP contribution in [0.2, 0.25) is 0 Å². The quantitative estimate of drug-likeness (QED) is 0.174. The van der Waals surface area contributed by atoms with Crippen molar-refractivity contribution in [2.24, 2.45) is 0 Å². The van der Waals surface area contributed by atoms with E-state index in [0.717, 1.165) is 5.69 Å². The molecule has 9 aromatic rings. The minimum absolute atomic E-state index is 1.15. The van der Waals surface area contributed by atoms with Gasteiger partial charge in [-0.3, -0.25) is 0 Å².